The van der Waals surface area contributed by atoms with Crippen molar-refractivity contribution in [2.75, 3.05) is 19.7 Å². The van der Waals surface area contributed by atoms with Crippen LogP contribution in [0.5, 0.6) is 5.75 Å². The minimum atomic E-state index is -0.720. The van der Waals surface area contributed by atoms with Crippen LogP contribution < -0.4 is 4.74 Å². The number of nitrogens with zero attached hydrogens (tertiary/aromatic N) is 1. The maximum atomic E-state index is 11.0. The van der Waals surface area contributed by atoms with Crippen LogP contribution >= 0.6 is 12.4 Å². The van der Waals surface area contributed by atoms with E-state index in [4.69, 9.17) is 9.84 Å². The second kappa shape index (κ2) is 7.24. The van der Waals surface area contributed by atoms with Gasteiger partial charge in [0.05, 0.1) is 0 Å². The van der Waals surface area contributed by atoms with Gasteiger partial charge in [-0.05, 0) is 31.5 Å². The van der Waals surface area contributed by atoms with E-state index in [2.05, 4.69) is 0 Å². The number of carbonyl (C=O) groups is 1. The average Bonchev–Trinajstić information content (AvgIpc) is 2.79. The summed E-state index contributed by atoms with van der Waals surface area (Å²) in [6, 6.07) is 9.26. The molecule has 100 valence electrons. The molecule has 1 heterocycles. The molecule has 0 saturated carbocycles. The first-order chi connectivity index (χ1) is 8.27. The topological polar surface area (TPSA) is 49.8 Å². The van der Waals surface area contributed by atoms with Crippen molar-refractivity contribution < 1.29 is 14.6 Å². The number of para-hydroxylation sites is 1. The van der Waals surface area contributed by atoms with Crippen molar-refractivity contribution in [3.05, 3.63) is 30.3 Å². The number of likely N-dealkylation sites (tertiary alicyclic amines) is 1. The Hall–Kier alpha value is -1.26. The Bertz CT molecular complexity index is 372. The highest BCUT2D eigenvalue weighted by atomic mass is 35.5. The third-order valence-electron chi connectivity index (χ3n) is 3.04. The van der Waals surface area contributed by atoms with Crippen molar-refractivity contribution >= 4 is 18.4 Å². The molecule has 1 atom stereocenters. The van der Waals surface area contributed by atoms with E-state index >= 15 is 0 Å². The molecule has 1 fully saturated rings. The summed E-state index contributed by atoms with van der Waals surface area (Å²) < 4.78 is 5.56. The molecule has 1 aromatic rings. The first-order valence-corrected chi connectivity index (χ1v) is 5.92. The van der Waals surface area contributed by atoms with Gasteiger partial charge in [-0.2, -0.15) is 0 Å². The van der Waals surface area contributed by atoms with E-state index in [0.29, 0.717) is 13.2 Å². The Morgan fingerprint density at radius 2 is 2.11 bits per heavy atom. The Morgan fingerprint density at radius 1 is 1.39 bits per heavy atom. The van der Waals surface area contributed by atoms with Crippen LogP contribution in [0.15, 0.2) is 30.3 Å². The van der Waals surface area contributed by atoms with Crippen molar-refractivity contribution in [3.63, 3.8) is 0 Å². The first-order valence-electron chi connectivity index (χ1n) is 5.92. The molecular formula is C13H18ClNO3. The first kappa shape index (κ1) is 14.8. The summed E-state index contributed by atoms with van der Waals surface area (Å²) in [5.74, 6) is 0.112. The van der Waals surface area contributed by atoms with Crippen LogP contribution in [0.1, 0.15) is 12.8 Å². The lowest BCUT2D eigenvalue weighted by Gasteiger charge is -2.20. The normalized spacial score (nSPS) is 19.2. The molecule has 1 aromatic carbocycles. The SMILES string of the molecule is Cl.O=C(O)[C@H]1CCCN1CCOc1ccccc1. The van der Waals surface area contributed by atoms with Gasteiger partial charge in [0.25, 0.3) is 0 Å². The second-order valence-corrected chi connectivity index (χ2v) is 4.19. The number of aliphatic carboxylic acids is 1. The van der Waals surface area contributed by atoms with Gasteiger partial charge in [0.1, 0.15) is 18.4 Å². The molecule has 1 aliphatic rings. The Kier molecular flexibility index (Phi) is 5.95. The lowest BCUT2D eigenvalue weighted by Crippen LogP contribution is -2.38. The molecular weight excluding hydrogens is 254 g/mol. The van der Waals surface area contributed by atoms with Gasteiger partial charge in [0.2, 0.25) is 0 Å². The molecule has 1 saturated heterocycles. The Balaban J connectivity index is 0.00000162. The maximum Gasteiger partial charge on any atom is 0.320 e. The van der Waals surface area contributed by atoms with Crippen molar-refractivity contribution in [2.24, 2.45) is 0 Å². The lowest BCUT2D eigenvalue weighted by molar-refractivity contribution is -0.142. The number of halogens is 1. The molecule has 0 aromatic heterocycles. The lowest BCUT2D eigenvalue weighted by atomic mass is 10.2. The smallest absolute Gasteiger partial charge is 0.320 e. The van der Waals surface area contributed by atoms with Gasteiger partial charge in [-0.3, -0.25) is 9.69 Å². The van der Waals surface area contributed by atoms with Crippen LogP contribution in [-0.2, 0) is 4.79 Å². The molecule has 0 amide bonds. The summed E-state index contributed by atoms with van der Waals surface area (Å²) in [6.07, 6.45) is 1.71. The number of ether oxygens (including phenoxy) is 1. The minimum absolute atomic E-state index is 0. The molecule has 18 heavy (non-hydrogen) atoms. The van der Waals surface area contributed by atoms with Crippen LogP contribution in [0, 0.1) is 0 Å². The summed E-state index contributed by atoms with van der Waals surface area (Å²) in [5.41, 5.74) is 0. The van der Waals surface area contributed by atoms with Crippen LogP contribution in [-0.4, -0.2) is 41.7 Å². The molecule has 0 spiro atoms. The molecule has 5 heteroatoms. The molecule has 0 unspecified atom stereocenters. The van der Waals surface area contributed by atoms with E-state index in [1.807, 2.05) is 35.2 Å². The summed E-state index contributed by atoms with van der Waals surface area (Å²) >= 11 is 0. The highest BCUT2D eigenvalue weighted by Crippen LogP contribution is 2.17. The Morgan fingerprint density at radius 3 is 2.78 bits per heavy atom. The number of carboxylic acids is 1. The summed E-state index contributed by atoms with van der Waals surface area (Å²) in [4.78, 5) is 12.9. The van der Waals surface area contributed by atoms with Gasteiger partial charge in [0.15, 0.2) is 0 Å². The number of rotatable bonds is 5. The number of benzene rings is 1. The van der Waals surface area contributed by atoms with Crippen molar-refractivity contribution in [1.82, 2.24) is 4.90 Å². The predicted octanol–water partition coefficient (Wildman–Crippen LogP) is 2.04. The quantitative estimate of drug-likeness (QED) is 0.890. The minimum Gasteiger partial charge on any atom is -0.492 e. The van der Waals surface area contributed by atoms with Crippen molar-refractivity contribution in [3.8, 4) is 5.75 Å². The monoisotopic (exact) mass is 271 g/mol. The van der Waals surface area contributed by atoms with Crippen LogP contribution in [0.2, 0.25) is 0 Å². The van der Waals surface area contributed by atoms with E-state index < -0.39 is 5.97 Å². The van der Waals surface area contributed by atoms with Gasteiger partial charge in [0, 0.05) is 6.54 Å². The fourth-order valence-electron chi connectivity index (χ4n) is 2.17. The molecule has 0 aliphatic carbocycles. The van der Waals surface area contributed by atoms with Gasteiger partial charge < -0.3 is 9.84 Å². The van der Waals surface area contributed by atoms with Gasteiger partial charge >= 0.3 is 5.97 Å². The molecule has 1 aliphatic heterocycles. The van der Waals surface area contributed by atoms with Crippen LogP contribution in [0.3, 0.4) is 0 Å². The Labute approximate surface area is 113 Å². The predicted molar refractivity (Wildman–Crippen MR) is 71.4 cm³/mol. The highest BCUT2D eigenvalue weighted by Gasteiger charge is 2.29. The third kappa shape index (κ3) is 3.89. The number of hydrogen-bond acceptors (Lipinski definition) is 3. The molecule has 2 rings (SSSR count). The molecule has 4 nitrogen and oxygen atoms in total. The summed E-state index contributed by atoms with van der Waals surface area (Å²) in [7, 11) is 0. The zero-order valence-electron chi connectivity index (χ0n) is 10.1. The fraction of sp³-hybridized carbons (Fsp3) is 0.462. The van der Waals surface area contributed by atoms with E-state index in [9.17, 15) is 4.79 Å². The zero-order valence-corrected chi connectivity index (χ0v) is 10.9. The van der Waals surface area contributed by atoms with Crippen LogP contribution in [0.25, 0.3) is 0 Å². The fourth-order valence-corrected chi connectivity index (χ4v) is 2.17. The number of carboxylic acid groups (broad SMARTS) is 1. The van der Waals surface area contributed by atoms with Crippen molar-refractivity contribution in [1.29, 1.82) is 0 Å². The van der Waals surface area contributed by atoms with E-state index in [0.717, 1.165) is 25.1 Å². The largest absolute Gasteiger partial charge is 0.492 e. The third-order valence-corrected chi connectivity index (χ3v) is 3.04. The number of hydrogen-bond donors (Lipinski definition) is 1. The second-order valence-electron chi connectivity index (χ2n) is 4.19. The average molecular weight is 272 g/mol. The molecule has 0 bridgehead atoms. The standard InChI is InChI=1S/C13H17NO3.ClH/c15-13(16)12-7-4-8-14(12)9-10-17-11-5-2-1-3-6-11;/h1-3,5-6,12H,4,7-10H2,(H,15,16);1H/t12-;/m1./s1. The van der Waals surface area contributed by atoms with Crippen LogP contribution in [0.4, 0.5) is 0 Å². The van der Waals surface area contributed by atoms with Crippen molar-refractivity contribution in [2.45, 2.75) is 18.9 Å². The zero-order chi connectivity index (χ0) is 12.1. The summed E-state index contributed by atoms with van der Waals surface area (Å²) in [5, 5.41) is 9.02. The summed E-state index contributed by atoms with van der Waals surface area (Å²) in [6.45, 7) is 2.06. The van der Waals surface area contributed by atoms with E-state index in [-0.39, 0.29) is 18.4 Å². The van der Waals surface area contributed by atoms with E-state index in [1.165, 1.54) is 0 Å². The van der Waals surface area contributed by atoms with Gasteiger partial charge in [-0.25, -0.2) is 0 Å². The highest BCUT2D eigenvalue weighted by molar-refractivity contribution is 5.85. The maximum absolute atomic E-state index is 11.0. The van der Waals surface area contributed by atoms with E-state index in [1.54, 1.807) is 0 Å². The van der Waals surface area contributed by atoms with Gasteiger partial charge in [-0.1, -0.05) is 18.2 Å². The molecule has 0 radical (unpaired) electrons. The molecule has 1 N–H and O–H groups in total. The van der Waals surface area contributed by atoms with Gasteiger partial charge in [-0.15, -0.1) is 12.4 Å².